The predicted molar refractivity (Wildman–Crippen MR) is 115 cm³/mol. The molecule has 1 fully saturated rings. The van der Waals surface area contributed by atoms with E-state index in [4.69, 9.17) is 4.98 Å². The summed E-state index contributed by atoms with van der Waals surface area (Å²) >= 11 is 0. The van der Waals surface area contributed by atoms with Gasteiger partial charge in [-0.3, -0.25) is 18.8 Å². The number of piperazine rings is 1. The van der Waals surface area contributed by atoms with E-state index in [-0.39, 0.29) is 11.1 Å². The maximum absolute atomic E-state index is 12.7. The number of benzene rings is 1. The first-order valence-corrected chi connectivity index (χ1v) is 9.78. The predicted octanol–water partition coefficient (Wildman–Crippen LogP) is 0.241. The normalized spacial score (nSPS) is 14.8. The molecule has 0 radical (unpaired) electrons. The molecule has 0 saturated carbocycles. The Morgan fingerprint density at radius 3 is 2.40 bits per heavy atom. The van der Waals surface area contributed by atoms with Gasteiger partial charge in [0.25, 0.3) is 11.1 Å². The van der Waals surface area contributed by atoms with Gasteiger partial charge in [-0.25, -0.2) is 4.98 Å². The van der Waals surface area contributed by atoms with E-state index in [9.17, 15) is 9.59 Å². The lowest BCUT2D eigenvalue weighted by atomic mass is 10.2. The second-order valence-electron chi connectivity index (χ2n) is 7.62. The first-order chi connectivity index (χ1) is 14.4. The van der Waals surface area contributed by atoms with Crippen LogP contribution >= 0.6 is 0 Å². The van der Waals surface area contributed by atoms with E-state index in [0.29, 0.717) is 27.9 Å². The first-order valence-electron chi connectivity index (χ1n) is 9.78. The topological polar surface area (TPSA) is 94.1 Å². The maximum Gasteiger partial charge on any atom is 0.265 e. The molecule has 0 atom stereocenters. The highest BCUT2D eigenvalue weighted by Gasteiger charge is 2.22. The van der Waals surface area contributed by atoms with Crippen molar-refractivity contribution in [3.63, 3.8) is 0 Å². The number of nitrogens with zero attached hydrogens (tertiary/aromatic N) is 8. The number of hydrogen-bond donors (Lipinski definition) is 0. The fourth-order valence-electron chi connectivity index (χ4n) is 4.00. The summed E-state index contributed by atoms with van der Waals surface area (Å²) in [6, 6.07) is 5.77. The molecule has 0 unspecified atom stereocenters. The van der Waals surface area contributed by atoms with E-state index in [1.54, 1.807) is 42.9 Å². The Labute approximate surface area is 171 Å². The minimum absolute atomic E-state index is 0.0473. The van der Waals surface area contributed by atoms with Crippen LogP contribution in [0, 0.1) is 0 Å². The highest BCUT2D eigenvalue weighted by atomic mass is 16.1. The Bertz CT molecular complexity index is 1390. The van der Waals surface area contributed by atoms with Crippen molar-refractivity contribution in [3.8, 4) is 0 Å². The summed E-state index contributed by atoms with van der Waals surface area (Å²) in [7, 11) is 5.24. The molecule has 0 amide bonds. The molecule has 1 saturated heterocycles. The van der Waals surface area contributed by atoms with Crippen molar-refractivity contribution in [1.29, 1.82) is 0 Å². The highest BCUT2D eigenvalue weighted by molar-refractivity contribution is 5.81. The second kappa shape index (κ2) is 6.68. The average molecular weight is 406 g/mol. The molecular formula is C20H22N8O2. The molecule has 30 heavy (non-hydrogen) atoms. The number of aryl methyl sites for hydroxylation is 2. The Morgan fingerprint density at radius 1 is 0.900 bits per heavy atom. The number of hydrogen-bond acceptors (Lipinski definition) is 7. The van der Waals surface area contributed by atoms with E-state index in [1.807, 2.05) is 18.2 Å². The summed E-state index contributed by atoms with van der Waals surface area (Å²) in [5.74, 6) is 0.652. The third kappa shape index (κ3) is 2.75. The number of rotatable bonds is 2. The average Bonchev–Trinajstić information content (AvgIpc) is 3.14. The minimum Gasteiger partial charge on any atom is -0.368 e. The fraction of sp³-hybridized carbons (Fsp3) is 0.350. The molecule has 0 bridgehead atoms. The van der Waals surface area contributed by atoms with Gasteiger partial charge in [0.05, 0.1) is 23.4 Å². The Balaban J connectivity index is 1.41. The molecule has 1 aliphatic rings. The fourth-order valence-corrected chi connectivity index (χ4v) is 4.00. The van der Waals surface area contributed by atoms with Crippen LogP contribution in [0.15, 0.2) is 40.3 Å². The van der Waals surface area contributed by atoms with Crippen molar-refractivity contribution in [2.24, 2.45) is 21.1 Å². The number of anilines is 2. The molecule has 1 aromatic carbocycles. The largest absolute Gasteiger partial charge is 0.368 e. The first kappa shape index (κ1) is 18.3. The summed E-state index contributed by atoms with van der Waals surface area (Å²) in [6.07, 6.45) is 3.11. The van der Waals surface area contributed by atoms with Gasteiger partial charge in [-0.05, 0) is 18.2 Å². The van der Waals surface area contributed by atoms with Gasteiger partial charge in [0.15, 0.2) is 5.65 Å². The standard InChI is InChI=1S/C20H22N8O2/c1-24-12-21-16-10-13(4-5-14(16)18(24)29)27-6-8-28(9-7-27)20-23-17-15(11-22-26(17)3)19(30)25(20)2/h4-5,10-12H,6-9H2,1-3H3. The van der Waals surface area contributed by atoms with Gasteiger partial charge in [0.1, 0.15) is 5.39 Å². The molecule has 154 valence electrons. The van der Waals surface area contributed by atoms with Gasteiger partial charge in [0, 0.05) is 53.0 Å². The highest BCUT2D eigenvalue weighted by Crippen LogP contribution is 2.22. The minimum atomic E-state index is -0.0901. The van der Waals surface area contributed by atoms with Crippen LogP contribution < -0.4 is 20.9 Å². The zero-order valence-corrected chi connectivity index (χ0v) is 17.1. The van der Waals surface area contributed by atoms with E-state index in [2.05, 4.69) is 19.9 Å². The Morgan fingerprint density at radius 2 is 1.63 bits per heavy atom. The summed E-state index contributed by atoms with van der Waals surface area (Å²) in [6.45, 7) is 3.00. The van der Waals surface area contributed by atoms with Crippen LogP contribution in [0.3, 0.4) is 0 Å². The van der Waals surface area contributed by atoms with Gasteiger partial charge >= 0.3 is 0 Å². The van der Waals surface area contributed by atoms with Crippen molar-refractivity contribution >= 4 is 33.6 Å². The summed E-state index contributed by atoms with van der Waals surface area (Å²) in [4.78, 5) is 38.4. The van der Waals surface area contributed by atoms with Crippen LogP contribution in [0.4, 0.5) is 11.6 Å². The van der Waals surface area contributed by atoms with Gasteiger partial charge in [0.2, 0.25) is 5.95 Å². The summed E-state index contributed by atoms with van der Waals surface area (Å²) in [5.41, 5.74) is 2.19. The molecule has 4 aromatic rings. The Kier molecular flexibility index (Phi) is 4.09. The third-order valence-electron chi connectivity index (χ3n) is 5.78. The van der Waals surface area contributed by atoms with E-state index in [0.717, 1.165) is 31.9 Å². The van der Waals surface area contributed by atoms with Crippen LogP contribution in [0.5, 0.6) is 0 Å². The summed E-state index contributed by atoms with van der Waals surface area (Å²) in [5, 5.41) is 5.30. The molecule has 5 rings (SSSR count). The summed E-state index contributed by atoms with van der Waals surface area (Å²) < 4.78 is 4.70. The smallest absolute Gasteiger partial charge is 0.265 e. The lowest BCUT2D eigenvalue weighted by Gasteiger charge is -2.37. The molecule has 0 aliphatic carbocycles. The van der Waals surface area contributed by atoms with Crippen molar-refractivity contribution in [2.75, 3.05) is 36.0 Å². The molecule has 1 aliphatic heterocycles. The monoisotopic (exact) mass is 406 g/mol. The molecule has 0 spiro atoms. The van der Waals surface area contributed by atoms with Crippen LogP contribution in [-0.4, -0.2) is 55.1 Å². The lowest BCUT2D eigenvalue weighted by molar-refractivity contribution is 0.622. The van der Waals surface area contributed by atoms with Crippen molar-refractivity contribution in [3.05, 3.63) is 51.4 Å². The van der Waals surface area contributed by atoms with Gasteiger partial charge < -0.3 is 14.4 Å². The molecular weight excluding hydrogens is 384 g/mol. The SMILES string of the molecule is Cn1cnc2cc(N3CCN(c4nc5c(cnn5C)c(=O)n4C)CC3)ccc2c1=O. The number of aromatic nitrogens is 6. The van der Waals surface area contributed by atoms with Crippen molar-refractivity contribution < 1.29 is 0 Å². The zero-order valence-electron chi connectivity index (χ0n) is 17.1. The second-order valence-corrected chi connectivity index (χ2v) is 7.62. The molecule has 10 heteroatoms. The van der Waals surface area contributed by atoms with Gasteiger partial charge in [-0.1, -0.05) is 0 Å². The third-order valence-corrected chi connectivity index (χ3v) is 5.78. The molecule has 10 nitrogen and oxygen atoms in total. The van der Waals surface area contributed by atoms with Crippen molar-refractivity contribution in [1.82, 2.24) is 28.9 Å². The van der Waals surface area contributed by atoms with Gasteiger partial charge in [-0.2, -0.15) is 10.1 Å². The van der Waals surface area contributed by atoms with E-state index >= 15 is 0 Å². The Hall–Kier alpha value is -3.69. The van der Waals surface area contributed by atoms with Crippen LogP contribution in [0.25, 0.3) is 21.9 Å². The van der Waals surface area contributed by atoms with E-state index < -0.39 is 0 Å². The molecule has 4 heterocycles. The zero-order chi connectivity index (χ0) is 21.0. The molecule has 3 aromatic heterocycles. The van der Waals surface area contributed by atoms with E-state index in [1.165, 1.54) is 4.57 Å². The maximum atomic E-state index is 12.7. The quantitative estimate of drug-likeness (QED) is 0.471. The van der Waals surface area contributed by atoms with Gasteiger partial charge in [-0.15, -0.1) is 0 Å². The van der Waals surface area contributed by atoms with Crippen LogP contribution in [0.2, 0.25) is 0 Å². The van der Waals surface area contributed by atoms with Crippen LogP contribution in [-0.2, 0) is 21.1 Å². The van der Waals surface area contributed by atoms with Crippen molar-refractivity contribution in [2.45, 2.75) is 0 Å². The number of fused-ring (bicyclic) bond motifs is 2. The van der Waals surface area contributed by atoms with Crippen LogP contribution in [0.1, 0.15) is 0 Å². The molecule has 0 N–H and O–H groups in total. The lowest BCUT2D eigenvalue weighted by Crippen LogP contribution is -2.48.